The van der Waals surface area contributed by atoms with Crippen LogP contribution >= 0.6 is 0 Å². The standard InChI is InChI=1S/C15H21F3N2O/c1-11(2)19-14(21)8-9-20(3)10-12-6-4-5-7-13(12)15(16,17)18/h4-7,11H,8-10H2,1-3H3,(H,19,21). The van der Waals surface area contributed by atoms with Crippen molar-refractivity contribution in [1.82, 2.24) is 10.2 Å². The van der Waals surface area contributed by atoms with E-state index in [4.69, 9.17) is 0 Å². The molecule has 0 aliphatic heterocycles. The van der Waals surface area contributed by atoms with Gasteiger partial charge in [-0.05, 0) is 32.5 Å². The summed E-state index contributed by atoms with van der Waals surface area (Å²) in [6.07, 6.45) is -4.09. The van der Waals surface area contributed by atoms with Crippen molar-refractivity contribution >= 4 is 5.91 Å². The average Bonchev–Trinajstić information content (AvgIpc) is 2.35. The van der Waals surface area contributed by atoms with Gasteiger partial charge >= 0.3 is 6.18 Å². The normalized spacial score (nSPS) is 12.0. The molecule has 0 aromatic heterocycles. The van der Waals surface area contributed by atoms with Crippen LogP contribution < -0.4 is 5.32 Å². The van der Waals surface area contributed by atoms with Gasteiger partial charge < -0.3 is 10.2 Å². The van der Waals surface area contributed by atoms with Gasteiger partial charge in [0.05, 0.1) is 5.56 Å². The lowest BCUT2D eigenvalue weighted by Crippen LogP contribution is -2.33. The Kier molecular flexibility index (Phi) is 6.20. The summed E-state index contributed by atoms with van der Waals surface area (Å²) in [4.78, 5) is 13.2. The third-order valence-corrected chi connectivity index (χ3v) is 2.93. The van der Waals surface area contributed by atoms with Gasteiger partial charge in [0, 0.05) is 25.6 Å². The zero-order valence-electron chi connectivity index (χ0n) is 12.5. The van der Waals surface area contributed by atoms with Crippen LogP contribution in [0.1, 0.15) is 31.4 Å². The summed E-state index contributed by atoms with van der Waals surface area (Å²) in [5.74, 6) is -0.0963. The third kappa shape index (κ3) is 6.16. The predicted molar refractivity (Wildman–Crippen MR) is 75.7 cm³/mol. The number of amides is 1. The lowest BCUT2D eigenvalue weighted by Gasteiger charge is -2.20. The molecule has 0 aliphatic rings. The summed E-state index contributed by atoms with van der Waals surface area (Å²) in [6, 6.07) is 5.57. The fourth-order valence-electron chi connectivity index (χ4n) is 1.99. The number of benzene rings is 1. The van der Waals surface area contributed by atoms with Gasteiger partial charge in [-0.1, -0.05) is 18.2 Å². The second-order valence-electron chi connectivity index (χ2n) is 5.36. The first-order valence-corrected chi connectivity index (χ1v) is 6.83. The molecule has 0 aliphatic carbocycles. The van der Waals surface area contributed by atoms with Crippen LogP contribution in [0.5, 0.6) is 0 Å². The van der Waals surface area contributed by atoms with E-state index in [9.17, 15) is 18.0 Å². The Balaban J connectivity index is 2.60. The molecule has 0 atom stereocenters. The molecular formula is C15H21F3N2O. The molecule has 0 saturated heterocycles. The van der Waals surface area contributed by atoms with E-state index in [-0.39, 0.29) is 30.5 Å². The van der Waals surface area contributed by atoms with Gasteiger partial charge in [-0.15, -0.1) is 0 Å². The molecule has 0 bridgehead atoms. The third-order valence-electron chi connectivity index (χ3n) is 2.93. The van der Waals surface area contributed by atoms with Gasteiger partial charge in [0.1, 0.15) is 0 Å². The molecule has 1 aromatic rings. The number of hydrogen-bond donors (Lipinski definition) is 1. The number of alkyl halides is 3. The molecule has 1 N–H and O–H groups in total. The van der Waals surface area contributed by atoms with Crippen LogP contribution in [0, 0.1) is 0 Å². The molecule has 3 nitrogen and oxygen atoms in total. The number of nitrogens with zero attached hydrogens (tertiary/aromatic N) is 1. The summed E-state index contributed by atoms with van der Waals surface area (Å²) >= 11 is 0. The zero-order valence-corrected chi connectivity index (χ0v) is 12.5. The molecular weight excluding hydrogens is 281 g/mol. The fourth-order valence-corrected chi connectivity index (χ4v) is 1.99. The Morgan fingerprint density at radius 2 is 1.90 bits per heavy atom. The Morgan fingerprint density at radius 3 is 2.48 bits per heavy atom. The first-order valence-electron chi connectivity index (χ1n) is 6.83. The van der Waals surface area contributed by atoms with E-state index in [0.29, 0.717) is 6.54 Å². The fraction of sp³-hybridized carbons (Fsp3) is 0.533. The molecule has 21 heavy (non-hydrogen) atoms. The van der Waals surface area contributed by atoms with Crippen LogP contribution in [0.3, 0.4) is 0 Å². The van der Waals surface area contributed by atoms with E-state index in [2.05, 4.69) is 5.32 Å². The van der Waals surface area contributed by atoms with Gasteiger partial charge in [0.15, 0.2) is 0 Å². The summed E-state index contributed by atoms with van der Waals surface area (Å²) in [5.41, 5.74) is -0.403. The molecule has 1 amide bonds. The number of rotatable bonds is 6. The van der Waals surface area contributed by atoms with E-state index >= 15 is 0 Å². The maximum Gasteiger partial charge on any atom is 0.416 e. The Labute approximate surface area is 123 Å². The molecule has 0 spiro atoms. The van der Waals surface area contributed by atoms with Gasteiger partial charge in [0.25, 0.3) is 0 Å². The molecule has 0 saturated carbocycles. The largest absolute Gasteiger partial charge is 0.416 e. The second kappa shape index (κ2) is 7.45. The highest BCUT2D eigenvalue weighted by Crippen LogP contribution is 2.32. The molecule has 0 unspecified atom stereocenters. The van der Waals surface area contributed by atoms with Crippen LogP contribution in [-0.4, -0.2) is 30.4 Å². The highest BCUT2D eigenvalue weighted by Gasteiger charge is 2.32. The van der Waals surface area contributed by atoms with Crippen molar-refractivity contribution in [3.05, 3.63) is 35.4 Å². The van der Waals surface area contributed by atoms with Crippen LogP contribution in [0.4, 0.5) is 13.2 Å². The molecule has 0 fully saturated rings. The number of halogens is 3. The molecule has 1 aromatic carbocycles. The molecule has 0 heterocycles. The van der Waals surface area contributed by atoms with E-state index in [0.717, 1.165) is 6.07 Å². The summed E-state index contributed by atoms with van der Waals surface area (Å²) in [5, 5.41) is 2.75. The lowest BCUT2D eigenvalue weighted by atomic mass is 10.1. The minimum absolute atomic E-state index is 0.0637. The average molecular weight is 302 g/mol. The smallest absolute Gasteiger partial charge is 0.354 e. The summed E-state index contributed by atoms with van der Waals surface area (Å²) in [6.45, 7) is 4.29. The van der Waals surface area contributed by atoms with Crippen molar-refractivity contribution < 1.29 is 18.0 Å². The van der Waals surface area contributed by atoms with Gasteiger partial charge in [-0.3, -0.25) is 4.79 Å². The van der Waals surface area contributed by atoms with Gasteiger partial charge in [-0.25, -0.2) is 0 Å². The minimum atomic E-state index is -4.35. The summed E-state index contributed by atoms with van der Waals surface area (Å²) < 4.78 is 38.6. The Morgan fingerprint density at radius 1 is 1.29 bits per heavy atom. The topological polar surface area (TPSA) is 32.3 Å². The first-order chi connectivity index (χ1) is 9.70. The van der Waals surface area contributed by atoms with E-state index in [1.165, 1.54) is 12.1 Å². The van der Waals surface area contributed by atoms with Crippen molar-refractivity contribution in [1.29, 1.82) is 0 Å². The lowest BCUT2D eigenvalue weighted by molar-refractivity contribution is -0.138. The van der Waals surface area contributed by atoms with Crippen LogP contribution in [0.25, 0.3) is 0 Å². The van der Waals surface area contributed by atoms with Crippen molar-refractivity contribution in [2.45, 2.75) is 39.0 Å². The summed E-state index contributed by atoms with van der Waals surface area (Å²) in [7, 11) is 1.70. The number of nitrogens with one attached hydrogen (secondary N) is 1. The van der Waals surface area contributed by atoms with Crippen molar-refractivity contribution in [3.8, 4) is 0 Å². The van der Waals surface area contributed by atoms with Gasteiger partial charge in [-0.2, -0.15) is 13.2 Å². The van der Waals surface area contributed by atoms with Crippen LogP contribution in [0.2, 0.25) is 0 Å². The van der Waals surface area contributed by atoms with E-state index in [1.54, 1.807) is 18.0 Å². The monoisotopic (exact) mass is 302 g/mol. The highest BCUT2D eigenvalue weighted by molar-refractivity contribution is 5.76. The zero-order chi connectivity index (χ0) is 16.0. The van der Waals surface area contributed by atoms with E-state index < -0.39 is 11.7 Å². The van der Waals surface area contributed by atoms with Crippen LogP contribution in [0.15, 0.2) is 24.3 Å². The first kappa shape index (κ1) is 17.5. The van der Waals surface area contributed by atoms with Crippen LogP contribution in [-0.2, 0) is 17.5 Å². The number of carbonyl (C=O) groups excluding carboxylic acids is 1. The quantitative estimate of drug-likeness (QED) is 0.876. The van der Waals surface area contributed by atoms with Crippen molar-refractivity contribution in [3.63, 3.8) is 0 Å². The van der Waals surface area contributed by atoms with Crippen molar-refractivity contribution in [2.24, 2.45) is 0 Å². The highest BCUT2D eigenvalue weighted by atomic mass is 19.4. The second-order valence-corrected chi connectivity index (χ2v) is 5.36. The van der Waals surface area contributed by atoms with Gasteiger partial charge in [0.2, 0.25) is 5.91 Å². The molecule has 0 radical (unpaired) electrons. The number of carbonyl (C=O) groups is 1. The minimum Gasteiger partial charge on any atom is -0.354 e. The Bertz CT molecular complexity index is 472. The molecule has 1 rings (SSSR count). The van der Waals surface area contributed by atoms with E-state index in [1.807, 2.05) is 13.8 Å². The maximum absolute atomic E-state index is 12.9. The van der Waals surface area contributed by atoms with Crippen molar-refractivity contribution in [2.75, 3.05) is 13.6 Å². The SMILES string of the molecule is CC(C)NC(=O)CCN(C)Cc1ccccc1C(F)(F)F. The molecule has 6 heteroatoms. The number of hydrogen-bond acceptors (Lipinski definition) is 2. The predicted octanol–water partition coefficient (Wildman–Crippen LogP) is 3.05. The maximum atomic E-state index is 12.9. The molecule has 118 valence electrons. The Hall–Kier alpha value is -1.56.